The zero-order chi connectivity index (χ0) is 29.2. The Kier molecular flexibility index (Phi) is 11.2. The van der Waals surface area contributed by atoms with Crippen LogP contribution in [0.4, 0.5) is 11.4 Å². The van der Waals surface area contributed by atoms with Crippen molar-refractivity contribution in [2.75, 3.05) is 29.9 Å². The van der Waals surface area contributed by atoms with Gasteiger partial charge in [-0.15, -0.1) is 0 Å². The highest BCUT2D eigenvalue weighted by Crippen LogP contribution is 2.27. The number of carbonyl (C=O) groups is 3. The molecule has 0 aromatic heterocycles. The molecule has 2 aromatic rings. The zero-order valence-electron chi connectivity index (χ0n) is 24.3. The van der Waals surface area contributed by atoms with E-state index in [2.05, 4.69) is 21.3 Å². The van der Waals surface area contributed by atoms with Crippen molar-refractivity contribution in [2.24, 2.45) is 0 Å². The summed E-state index contributed by atoms with van der Waals surface area (Å²) in [5, 5.41) is 23.8. The van der Waals surface area contributed by atoms with Crippen LogP contribution in [0.15, 0.2) is 48.5 Å². The molecule has 3 atom stereocenters. The average Bonchev–Trinajstić information content (AvgIpc) is 3.42. The lowest BCUT2D eigenvalue weighted by Crippen LogP contribution is -2.53. The van der Waals surface area contributed by atoms with E-state index in [-0.39, 0.29) is 30.3 Å². The first-order valence-corrected chi connectivity index (χ1v) is 15.1. The van der Waals surface area contributed by atoms with Gasteiger partial charge in [0.05, 0.1) is 18.2 Å². The van der Waals surface area contributed by atoms with Crippen LogP contribution in [0.25, 0.3) is 0 Å². The van der Waals surface area contributed by atoms with Gasteiger partial charge in [-0.1, -0.05) is 49.6 Å². The lowest BCUT2D eigenvalue weighted by molar-refractivity contribution is -0.123. The van der Waals surface area contributed by atoms with Crippen molar-refractivity contribution < 1.29 is 19.5 Å². The first-order chi connectivity index (χ1) is 19.8. The molecule has 9 heteroatoms. The van der Waals surface area contributed by atoms with E-state index in [9.17, 15) is 19.5 Å². The van der Waals surface area contributed by atoms with Crippen molar-refractivity contribution in [2.45, 2.75) is 89.4 Å². The van der Waals surface area contributed by atoms with Crippen LogP contribution in [0, 0.1) is 0 Å². The van der Waals surface area contributed by atoms with Crippen LogP contribution in [0.1, 0.15) is 74.7 Å². The summed E-state index contributed by atoms with van der Waals surface area (Å²) in [5.41, 5.74) is 2.84. The van der Waals surface area contributed by atoms with Gasteiger partial charge < -0.3 is 31.3 Å². The maximum Gasteiger partial charge on any atom is 0.251 e. The van der Waals surface area contributed by atoms with Gasteiger partial charge in [0.15, 0.2) is 0 Å². The second-order valence-electron chi connectivity index (χ2n) is 11.3. The van der Waals surface area contributed by atoms with Gasteiger partial charge in [0.2, 0.25) is 11.8 Å². The van der Waals surface area contributed by atoms with Gasteiger partial charge in [-0.3, -0.25) is 14.4 Å². The minimum absolute atomic E-state index is 0.0510. The minimum Gasteiger partial charge on any atom is -0.390 e. The molecule has 2 aliphatic rings. The summed E-state index contributed by atoms with van der Waals surface area (Å²) in [7, 11) is 0. The molecule has 1 saturated carbocycles. The first kappa shape index (κ1) is 30.5. The molecule has 1 heterocycles. The summed E-state index contributed by atoms with van der Waals surface area (Å²) in [4.78, 5) is 40.5. The molecule has 1 unspecified atom stereocenters. The van der Waals surface area contributed by atoms with Crippen LogP contribution in [0.2, 0.25) is 0 Å². The Bertz CT molecular complexity index is 1170. The lowest BCUT2D eigenvalue weighted by atomic mass is 9.95. The number of aliphatic hydroxyl groups is 1. The summed E-state index contributed by atoms with van der Waals surface area (Å²) in [6, 6.07) is 14.2. The van der Waals surface area contributed by atoms with Crippen molar-refractivity contribution in [3.8, 4) is 0 Å². The molecular formula is C32H45N5O4. The van der Waals surface area contributed by atoms with E-state index in [1.807, 2.05) is 43.3 Å². The molecule has 0 radical (unpaired) electrons. The molecule has 3 amide bonds. The van der Waals surface area contributed by atoms with Crippen LogP contribution in [0.3, 0.4) is 0 Å². The van der Waals surface area contributed by atoms with E-state index in [4.69, 9.17) is 0 Å². The van der Waals surface area contributed by atoms with Crippen molar-refractivity contribution in [3.63, 3.8) is 0 Å². The van der Waals surface area contributed by atoms with Gasteiger partial charge in [0.25, 0.3) is 5.91 Å². The summed E-state index contributed by atoms with van der Waals surface area (Å²) in [6.07, 6.45) is 6.29. The van der Waals surface area contributed by atoms with Crippen LogP contribution in [-0.4, -0.2) is 66.7 Å². The van der Waals surface area contributed by atoms with Crippen molar-refractivity contribution >= 4 is 29.1 Å². The predicted octanol–water partition coefficient (Wildman–Crippen LogP) is 3.37. The number of nitrogens with one attached hydrogen (secondary N) is 4. The van der Waals surface area contributed by atoms with Crippen molar-refractivity contribution in [3.05, 3.63) is 59.7 Å². The summed E-state index contributed by atoms with van der Waals surface area (Å²) in [5.74, 6) is -0.354. The monoisotopic (exact) mass is 563 g/mol. The van der Waals surface area contributed by atoms with E-state index < -0.39 is 18.2 Å². The highest BCUT2D eigenvalue weighted by Gasteiger charge is 2.27. The number of rotatable bonds is 13. The quantitative estimate of drug-likeness (QED) is 0.255. The van der Waals surface area contributed by atoms with E-state index in [0.717, 1.165) is 43.4 Å². The summed E-state index contributed by atoms with van der Waals surface area (Å²) < 4.78 is 0. The van der Waals surface area contributed by atoms with E-state index in [0.29, 0.717) is 37.2 Å². The molecule has 4 rings (SSSR count). The van der Waals surface area contributed by atoms with Gasteiger partial charge in [-0.2, -0.15) is 0 Å². The number of aliphatic hydroxyl groups excluding tert-OH is 1. The number of hydrogen-bond donors (Lipinski definition) is 5. The molecule has 1 saturated heterocycles. The molecule has 9 nitrogen and oxygen atoms in total. The van der Waals surface area contributed by atoms with Gasteiger partial charge in [0, 0.05) is 49.0 Å². The molecule has 41 heavy (non-hydrogen) atoms. The Morgan fingerprint density at radius 2 is 1.80 bits per heavy atom. The second-order valence-corrected chi connectivity index (χ2v) is 11.3. The molecule has 2 aromatic carbocycles. The number of carbonyl (C=O) groups excluding carboxylic acids is 3. The molecule has 1 aliphatic carbocycles. The first-order valence-electron chi connectivity index (χ1n) is 15.1. The fourth-order valence-electron chi connectivity index (χ4n) is 5.63. The minimum atomic E-state index is -0.944. The Balaban J connectivity index is 1.45. The third-order valence-corrected chi connectivity index (χ3v) is 8.00. The molecule has 222 valence electrons. The number of amides is 3. The average molecular weight is 564 g/mol. The molecule has 0 spiro atoms. The normalized spacial score (nSPS) is 18.0. The molecule has 1 aliphatic heterocycles. The van der Waals surface area contributed by atoms with Crippen molar-refractivity contribution in [1.29, 1.82) is 0 Å². The van der Waals surface area contributed by atoms with Gasteiger partial charge in [-0.25, -0.2) is 0 Å². The van der Waals surface area contributed by atoms with Gasteiger partial charge >= 0.3 is 0 Å². The fraction of sp³-hybridized carbons (Fsp3) is 0.531. The Hall–Kier alpha value is -3.43. The maximum atomic E-state index is 13.6. The highest BCUT2D eigenvalue weighted by atomic mass is 16.3. The molecule has 5 N–H and O–H groups in total. The summed E-state index contributed by atoms with van der Waals surface area (Å²) >= 11 is 0. The SMILES string of the molecule is CCNc1cc(C(=O)N[C@@H](Cc2ccccc2)[C@H](O)CNC(C)C(=O)NC2CCCCC2)cc(N2CCCC2=O)c1. The topological polar surface area (TPSA) is 123 Å². The number of benzene rings is 2. The maximum absolute atomic E-state index is 13.6. The Morgan fingerprint density at radius 1 is 1.05 bits per heavy atom. The lowest BCUT2D eigenvalue weighted by Gasteiger charge is -2.28. The number of hydrogen-bond acceptors (Lipinski definition) is 6. The van der Waals surface area contributed by atoms with E-state index in [1.54, 1.807) is 24.0 Å². The Labute approximate surface area is 243 Å². The predicted molar refractivity (Wildman–Crippen MR) is 162 cm³/mol. The third kappa shape index (κ3) is 8.78. The van der Waals surface area contributed by atoms with E-state index >= 15 is 0 Å². The summed E-state index contributed by atoms with van der Waals surface area (Å²) in [6.45, 7) is 5.21. The van der Waals surface area contributed by atoms with Crippen molar-refractivity contribution in [1.82, 2.24) is 16.0 Å². The van der Waals surface area contributed by atoms with Crippen LogP contribution in [-0.2, 0) is 16.0 Å². The van der Waals surface area contributed by atoms with Crippen LogP contribution in [0.5, 0.6) is 0 Å². The zero-order valence-corrected chi connectivity index (χ0v) is 24.3. The molecule has 2 fully saturated rings. The molecular weight excluding hydrogens is 518 g/mol. The standard InChI is InChI=1S/C32H45N5O4/c1-3-33-26-18-24(19-27(20-26)37-16-10-15-30(37)39)32(41)36-28(17-23-11-6-4-7-12-23)29(38)21-34-22(2)31(40)35-25-13-8-5-9-14-25/h4,6-7,11-12,18-20,22,25,28-29,33-34,38H,3,5,8-10,13-17,21H2,1-2H3,(H,35,40)(H,36,41)/t22?,28-,29+/m0/s1. The number of anilines is 2. The largest absolute Gasteiger partial charge is 0.390 e. The van der Waals surface area contributed by atoms with Crippen LogP contribution >= 0.6 is 0 Å². The van der Waals surface area contributed by atoms with E-state index in [1.165, 1.54) is 6.42 Å². The van der Waals surface area contributed by atoms with Gasteiger partial charge in [-0.05, 0) is 63.3 Å². The third-order valence-electron chi connectivity index (χ3n) is 8.00. The van der Waals surface area contributed by atoms with Gasteiger partial charge in [0.1, 0.15) is 0 Å². The van der Waals surface area contributed by atoms with Crippen LogP contribution < -0.4 is 26.2 Å². The Morgan fingerprint density at radius 3 is 2.49 bits per heavy atom. The number of nitrogens with zero attached hydrogens (tertiary/aromatic N) is 1. The fourth-order valence-corrected chi connectivity index (χ4v) is 5.63. The smallest absolute Gasteiger partial charge is 0.251 e. The molecule has 0 bridgehead atoms. The highest BCUT2D eigenvalue weighted by molar-refractivity contribution is 6.00. The second kappa shape index (κ2) is 15.0.